The van der Waals surface area contributed by atoms with Crippen LogP contribution in [0.5, 0.6) is 11.5 Å². The number of rotatable bonds is 5. The Bertz CT molecular complexity index is 629. The molecule has 0 bridgehead atoms. The zero-order chi connectivity index (χ0) is 14.5. The van der Waals surface area contributed by atoms with Gasteiger partial charge < -0.3 is 9.47 Å². The molecule has 0 unspecified atom stereocenters. The molecule has 0 radical (unpaired) electrons. The molecule has 104 valence electrons. The Balaban J connectivity index is 2.16. The Labute approximate surface area is 125 Å². The first kappa shape index (κ1) is 14.5. The molecule has 0 saturated heterocycles. The summed E-state index contributed by atoms with van der Waals surface area (Å²) in [6.45, 7) is 2.17. The van der Waals surface area contributed by atoms with Gasteiger partial charge in [-0.25, -0.2) is 0 Å². The molecule has 0 amide bonds. The molecule has 0 fully saturated rings. The minimum atomic E-state index is 0.278. The molecule has 0 aliphatic heterocycles. The van der Waals surface area contributed by atoms with E-state index in [4.69, 9.17) is 9.47 Å². The van der Waals surface area contributed by atoms with Crippen LogP contribution in [-0.2, 0) is 6.61 Å². The number of methoxy groups -OCH3 is 1. The molecule has 2 rings (SSSR count). The largest absolute Gasteiger partial charge is 0.497 e. The van der Waals surface area contributed by atoms with E-state index in [9.17, 15) is 4.79 Å². The molecule has 4 nitrogen and oxygen atoms in total. The van der Waals surface area contributed by atoms with Crippen LogP contribution in [0, 0.1) is 6.92 Å². The van der Waals surface area contributed by atoms with Gasteiger partial charge in [-0.3, -0.25) is 9.78 Å². The summed E-state index contributed by atoms with van der Waals surface area (Å²) in [6, 6.07) is 8.95. The maximum Gasteiger partial charge on any atom is 0.153 e. The van der Waals surface area contributed by atoms with Gasteiger partial charge >= 0.3 is 0 Å². The molecule has 0 spiro atoms. The van der Waals surface area contributed by atoms with Gasteiger partial charge in [-0.2, -0.15) is 0 Å². The molecule has 0 atom stereocenters. The summed E-state index contributed by atoms with van der Waals surface area (Å²) in [7, 11) is 1.61. The highest BCUT2D eigenvalue weighted by Gasteiger charge is 2.06. The maximum absolute atomic E-state index is 11.0. The molecule has 0 aliphatic rings. The van der Waals surface area contributed by atoms with Crippen molar-refractivity contribution in [2.24, 2.45) is 0 Å². The Hall–Kier alpha value is -1.88. The van der Waals surface area contributed by atoms with Gasteiger partial charge in [0.1, 0.15) is 18.1 Å². The normalized spacial score (nSPS) is 10.2. The first-order valence-electron chi connectivity index (χ1n) is 6.01. The van der Waals surface area contributed by atoms with Crippen LogP contribution in [0.15, 0.2) is 34.8 Å². The standard InChI is InChI=1S/C15H14BrNO3/c1-10-5-14(19-2)7-13(17-10)9-20-15-4-3-12(16)6-11(15)8-18/h3-8H,9H2,1-2H3. The van der Waals surface area contributed by atoms with Gasteiger partial charge in [-0.15, -0.1) is 0 Å². The molecule has 0 aliphatic carbocycles. The lowest BCUT2D eigenvalue weighted by molar-refractivity contribution is 0.111. The first-order chi connectivity index (χ1) is 9.62. The fourth-order valence-corrected chi connectivity index (χ4v) is 2.17. The highest BCUT2D eigenvalue weighted by Crippen LogP contribution is 2.23. The zero-order valence-corrected chi connectivity index (χ0v) is 12.8. The van der Waals surface area contributed by atoms with E-state index in [0.29, 0.717) is 11.3 Å². The predicted molar refractivity (Wildman–Crippen MR) is 79.4 cm³/mol. The van der Waals surface area contributed by atoms with Crippen LogP contribution in [0.3, 0.4) is 0 Å². The highest BCUT2D eigenvalue weighted by molar-refractivity contribution is 9.10. The third-order valence-electron chi connectivity index (χ3n) is 2.69. The zero-order valence-electron chi connectivity index (χ0n) is 11.2. The van der Waals surface area contributed by atoms with E-state index in [-0.39, 0.29) is 6.61 Å². The number of aromatic nitrogens is 1. The molecule has 2 aromatic rings. The predicted octanol–water partition coefficient (Wildman–Crippen LogP) is 3.55. The summed E-state index contributed by atoms with van der Waals surface area (Å²) in [5, 5.41) is 0. The molecule has 20 heavy (non-hydrogen) atoms. The highest BCUT2D eigenvalue weighted by atomic mass is 79.9. The van der Waals surface area contributed by atoms with Crippen molar-refractivity contribution < 1.29 is 14.3 Å². The molecule has 5 heteroatoms. The lowest BCUT2D eigenvalue weighted by Crippen LogP contribution is -2.02. The van der Waals surface area contributed by atoms with Crippen LogP contribution in [0.25, 0.3) is 0 Å². The van der Waals surface area contributed by atoms with E-state index in [0.717, 1.165) is 27.9 Å². The molecule has 1 heterocycles. The van der Waals surface area contributed by atoms with Gasteiger partial charge in [0.05, 0.1) is 18.4 Å². The van der Waals surface area contributed by atoms with Crippen molar-refractivity contribution in [3.05, 3.63) is 51.8 Å². The maximum atomic E-state index is 11.0. The van der Waals surface area contributed by atoms with E-state index in [1.54, 1.807) is 19.2 Å². The minimum Gasteiger partial charge on any atom is -0.497 e. The SMILES string of the molecule is COc1cc(C)nc(COc2ccc(Br)cc2C=O)c1. The Kier molecular flexibility index (Phi) is 4.74. The minimum absolute atomic E-state index is 0.278. The van der Waals surface area contributed by atoms with Gasteiger partial charge in [0.25, 0.3) is 0 Å². The number of carbonyl (C=O) groups is 1. The monoisotopic (exact) mass is 335 g/mol. The summed E-state index contributed by atoms with van der Waals surface area (Å²) >= 11 is 3.32. The molecule has 0 saturated carbocycles. The number of nitrogens with zero attached hydrogens (tertiary/aromatic N) is 1. The number of halogens is 1. The average Bonchev–Trinajstić information content (AvgIpc) is 2.45. The van der Waals surface area contributed by atoms with Crippen molar-refractivity contribution in [2.45, 2.75) is 13.5 Å². The van der Waals surface area contributed by atoms with Crippen molar-refractivity contribution in [2.75, 3.05) is 7.11 Å². The quantitative estimate of drug-likeness (QED) is 0.784. The summed E-state index contributed by atoms with van der Waals surface area (Å²) < 4.78 is 11.7. The number of benzene rings is 1. The van der Waals surface area contributed by atoms with Gasteiger partial charge in [0.15, 0.2) is 6.29 Å². The third-order valence-corrected chi connectivity index (χ3v) is 3.18. The van der Waals surface area contributed by atoms with Crippen LogP contribution in [-0.4, -0.2) is 18.4 Å². The Morgan fingerprint density at radius 2 is 2.10 bits per heavy atom. The number of ether oxygens (including phenoxy) is 2. The Morgan fingerprint density at radius 1 is 1.30 bits per heavy atom. The molecule has 1 aromatic heterocycles. The van der Waals surface area contributed by atoms with Gasteiger partial charge in [0, 0.05) is 22.3 Å². The number of aryl methyl sites for hydroxylation is 1. The van der Waals surface area contributed by atoms with Crippen LogP contribution in [0.2, 0.25) is 0 Å². The lowest BCUT2D eigenvalue weighted by atomic mass is 10.2. The number of carbonyl (C=O) groups excluding carboxylic acids is 1. The number of hydrogen-bond acceptors (Lipinski definition) is 4. The number of pyridine rings is 1. The lowest BCUT2D eigenvalue weighted by Gasteiger charge is -2.10. The van der Waals surface area contributed by atoms with Gasteiger partial charge in [0.2, 0.25) is 0 Å². The summed E-state index contributed by atoms with van der Waals surface area (Å²) in [5.41, 5.74) is 2.11. The smallest absolute Gasteiger partial charge is 0.153 e. The Morgan fingerprint density at radius 3 is 2.80 bits per heavy atom. The number of aldehydes is 1. The average molecular weight is 336 g/mol. The van der Waals surface area contributed by atoms with Crippen molar-refractivity contribution in [3.8, 4) is 11.5 Å². The molecular formula is C15H14BrNO3. The van der Waals surface area contributed by atoms with Crippen LogP contribution >= 0.6 is 15.9 Å². The van der Waals surface area contributed by atoms with Crippen LogP contribution in [0.1, 0.15) is 21.7 Å². The molecule has 1 aromatic carbocycles. The second kappa shape index (κ2) is 6.52. The first-order valence-corrected chi connectivity index (χ1v) is 6.81. The second-order valence-corrected chi connectivity index (χ2v) is 5.14. The van der Waals surface area contributed by atoms with E-state index in [1.165, 1.54) is 0 Å². The fraction of sp³-hybridized carbons (Fsp3) is 0.200. The molecular weight excluding hydrogens is 322 g/mol. The molecule has 0 N–H and O–H groups in total. The van der Waals surface area contributed by atoms with Gasteiger partial charge in [-0.1, -0.05) is 15.9 Å². The van der Waals surface area contributed by atoms with Crippen LogP contribution < -0.4 is 9.47 Å². The third kappa shape index (κ3) is 3.57. The van der Waals surface area contributed by atoms with E-state index in [1.807, 2.05) is 25.1 Å². The van der Waals surface area contributed by atoms with E-state index >= 15 is 0 Å². The summed E-state index contributed by atoms with van der Waals surface area (Å²) in [5.74, 6) is 1.27. The van der Waals surface area contributed by atoms with E-state index < -0.39 is 0 Å². The fourth-order valence-electron chi connectivity index (χ4n) is 1.79. The van der Waals surface area contributed by atoms with E-state index in [2.05, 4.69) is 20.9 Å². The topological polar surface area (TPSA) is 48.4 Å². The van der Waals surface area contributed by atoms with Crippen molar-refractivity contribution in [1.29, 1.82) is 0 Å². The second-order valence-electron chi connectivity index (χ2n) is 4.23. The van der Waals surface area contributed by atoms with Crippen molar-refractivity contribution in [3.63, 3.8) is 0 Å². The van der Waals surface area contributed by atoms with Crippen LogP contribution in [0.4, 0.5) is 0 Å². The summed E-state index contributed by atoms with van der Waals surface area (Å²) in [4.78, 5) is 15.4. The van der Waals surface area contributed by atoms with Crippen molar-refractivity contribution in [1.82, 2.24) is 4.98 Å². The van der Waals surface area contributed by atoms with Crippen molar-refractivity contribution >= 4 is 22.2 Å². The summed E-state index contributed by atoms with van der Waals surface area (Å²) in [6.07, 6.45) is 0.768. The number of hydrogen-bond donors (Lipinski definition) is 0. The van der Waals surface area contributed by atoms with Gasteiger partial charge in [-0.05, 0) is 25.1 Å².